The predicted octanol–water partition coefficient (Wildman–Crippen LogP) is 4.84. The van der Waals surface area contributed by atoms with Gasteiger partial charge in [0.2, 0.25) is 0 Å². The first-order chi connectivity index (χ1) is 13.9. The van der Waals surface area contributed by atoms with Gasteiger partial charge in [0.1, 0.15) is 11.6 Å². The van der Waals surface area contributed by atoms with E-state index >= 15 is 0 Å². The summed E-state index contributed by atoms with van der Waals surface area (Å²) in [6, 6.07) is 9.24. The molecule has 9 heteroatoms. The fourth-order valence-electron chi connectivity index (χ4n) is 3.33. The van der Waals surface area contributed by atoms with Crippen LogP contribution >= 0.6 is 0 Å². The van der Waals surface area contributed by atoms with Crippen LogP contribution in [0.25, 0.3) is 10.9 Å². The molecular weight excluding hydrogens is 402 g/mol. The van der Waals surface area contributed by atoms with Crippen molar-refractivity contribution in [3.8, 4) is 5.75 Å². The Kier molecular flexibility index (Phi) is 5.51. The van der Waals surface area contributed by atoms with Gasteiger partial charge in [-0.25, -0.2) is 4.39 Å². The van der Waals surface area contributed by atoms with Gasteiger partial charge in [-0.15, -0.1) is 0 Å². The molecule has 0 saturated carbocycles. The van der Waals surface area contributed by atoms with Gasteiger partial charge in [0.15, 0.2) is 5.60 Å². The number of aliphatic hydroxyl groups is 1. The molecule has 2 N–H and O–H groups in total. The van der Waals surface area contributed by atoms with Gasteiger partial charge < -0.3 is 10.2 Å². The summed E-state index contributed by atoms with van der Waals surface area (Å²) >= 11 is 0. The van der Waals surface area contributed by atoms with Crippen molar-refractivity contribution in [1.29, 1.82) is 0 Å². The van der Waals surface area contributed by atoms with Crippen LogP contribution in [-0.4, -0.2) is 38.4 Å². The molecule has 0 aliphatic carbocycles. The number of hydrogen-bond donors (Lipinski definition) is 2. The van der Waals surface area contributed by atoms with E-state index in [0.717, 1.165) is 18.2 Å². The number of hydrogen-bond acceptors (Lipinski definition) is 5. The van der Waals surface area contributed by atoms with Gasteiger partial charge in [0.05, 0.1) is 17.4 Å². The van der Waals surface area contributed by atoms with Crippen molar-refractivity contribution in [3.63, 3.8) is 0 Å². The van der Waals surface area contributed by atoms with Gasteiger partial charge in [0.25, 0.3) is 0 Å². The van der Waals surface area contributed by atoms with Crippen molar-refractivity contribution in [2.45, 2.75) is 37.5 Å². The molecule has 5 nitrogen and oxygen atoms in total. The van der Waals surface area contributed by atoms with E-state index in [9.17, 15) is 27.8 Å². The van der Waals surface area contributed by atoms with Crippen LogP contribution in [0.2, 0.25) is 0 Å². The normalized spacial score (nSPS) is 14.9. The minimum Gasteiger partial charge on any atom is -0.508 e. The summed E-state index contributed by atoms with van der Waals surface area (Å²) in [5, 5.41) is 28.6. The number of rotatable bonds is 5. The van der Waals surface area contributed by atoms with E-state index in [4.69, 9.17) is 0 Å². The summed E-state index contributed by atoms with van der Waals surface area (Å²) in [5.41, 5.74) is -4.21. The van der Waals surface area contributed by atoms with E-state index < -0.39 is 29.4 Å². The summed E-state index contributed by atoms with van der Waals surface area (Å²) in [5.74, 6) is -1.08. The highest BCUT2D eigenvalue weighted by molar-refractivity contribution is 5.91. The monoisotopic (exact) mass is 421 g/mol. The Hall–Kier alpha value is -3.07. The predicted molar refractivity (Wildman–Crippen MR) is 104 cm³/mol. The fraction of sp³-hybridized carbons (Fsp3) is 0.286. The van der Waals surface area contributed by atoms with Crippen LogP contribution in [0.15, 0.2) is 53.7 Å². The van der Waals surface area contributed by atoms with Crippen LogP contribution in [0.1, 0.15) is 25.8 Å². The molecular formula is C21H19F4N3O2. The molecule has 3 rings (SSSR count). The summed E-state index contributed by atoms with van der Waals surface area (Å²) in [6.45, 7) is 2.75. The number of aromatic hydroxyl groups is 1. The van der Waals surface area contributed by atoms with Crippen LogP contribution in [0.3, 0.4) is 0 Å². The first-order valence-electron chi connectivity index (χ1n) is 8.97. The number of benzene rings is 2. The van der Waals surface area contributed by atoms with Gasteiger partial charge in [-0.2, -0.15) is 23.4 Å². The van der Waals surface area contributed by atoms with E-state index in [1.165, 1.54) is 26.1 Å². The molecule has 0 bridgehead atoms. The Bertz CT molecular complexity index is 1090. The van der Waals surface area contributed by atoms with E-state index in [1.54, 1.807) is 18.2 Å². The quantitative estimate of drug-likeness (QED) is 0.457. The van der Waals surface area contributed by atoms with Crippen molar-refractivity contribution in [3.05, 3.63) is 60.0 Å². The van der Waals surface area contributed by atoms with Crippen molar-refractivity contribution < 1.29 is 27.8 Å². The van der Waals surface area contributed by atoms with Gasteiger partial charge in [0, 0.05) is 17.2 Å². The molecule has 3 aromatic rings. The first-order valence-corrected chi connectivity index (χ1v) is 8.97. The lowest BCUT2D eigenvalue weighted by molar-refractivity contribution is -0.234. The lowest BCUT2D eigenvalue weighted by Crippen LogP contribution is -2.50. The zero-order valence-electron chi connectivity index (χ0n) is 16.2. The van der Waals surface area contributed by atoms with Crippen LogP contribution in [0.5, 0.6) is 5.75 Å². The molecule has 0 saturated heterocycles. The second kappa shape index (κ2) is 7.64. The van der Waals surface area contributed by atoms with Crippen LogP contribution in [-0.2, 0) is 5.41 Å². The Morgan fingerprint density at radius 2 is 1.83 bits per heavy atom. The Balaban J connectivity index is 2.02. The number of nitrogens with zero attached hydrogens (tertiary/aromatic N) is 3. The second-order valence-corrected chi connectivity index (χ2v) is 7.64. The minimum absolute atomic E-state index is 0.0565. The molecule has 0 spiro atoms. The van der Waals surface area contributed by atoms with Crippen LogP contribution in [0.4, 0.5) is 23.2 Å². The molecule has 2 aromatic carbocycles. The Morgan fingerprint density at radius 3 is 2.53 bits per heavy atom. The number of phenols is 1. The van der Waals surface area contributed by atoms with Crippen LogP contribution < -0.4 is 0 Å². The maximum absolute atomic E-state index is 13.8. The highest BCUT2D eigenvalue weighted by Gasteiger charge is 2.55. The zero-order valence-corrected chi connectivity index (χ0v) is 16.2. The summed E-state index contributed by atoms with van der Waals surface area (Å²) in [7, 11) is 0. The highest BCUT2D eigenvalue weighted by atomic mass is 19.4. The highest BCUT2D eigenvalue weighted by Crippen LogP contribution is 2.43. The molecule has 1 atom stereocenters. The molecule has 0 amide bonds. The summed E-state index contributed by atoms with van der Waals surface area (Å²) in [6.07, 6.45) is -4.15. The number of aromatic nitrogens is 2. The second-order valence-electron chi connectivity index (χ2n) is 7.64. The van der Waals surface area contributed by atoms with E-state index in [0.29, 0.717) is 17.1 Å². The number of phenolic OH excluding ortho intramolecular Hbond substituents is 1. The standard InChI is InChI=1S/C21H19F4N3O2/c1-19(2,15-10-13(22)6-7-18(15)29)11-20(30,21(23,24)25)12-26-16-4-3-5-17-14(16)8-9-27-28-17/h3-10,12,29-30H,11H2,1-2H3/b26-12-. The topological polar surface area (TPSA) is 78.6 Å². The van der Waals surface area contributed by atoms with Gasteiger partial charge in [-0.3, -0.25) is 4.99 Å². The summed E-state index contributed by atoms with van der Waals surface area (Å²) in [4.78, 5) is 3.89. The Labute approximate surface area is 169 Å². The van der Waals surface area contributed by atoms with Crippen LogP contribution in [0, 0.1) is 5.82 Å². The zero-order chi connectivity index (χ0) is 22.2. The average Bonchev–Trinajstić information content (AvgIpc) is 2.67. The minimum atomic E-state index is -5.07. The smallest absolute Gasteiger partial charge is 0.422 e. The summed E-state index contributed by atoms with van der Waals surface area (Å²) < 4.78 is 55.2. The maximum atomic E-state index is 13.8. The molecule has 1 aromatic heterocycles. The number of halogens is 4. The largest absolute Gasteiger partial charge is 0.508 e. The SMILES string of the molecule is CC(C)(CC(O)(/C=N\c1cccc2nnccc12)C(F)(F)F)c1cc(F)ccc1O. The third-order valence-electron chi connectivity index (χ3n) is 4.84. The molecule has 0 radical (unpaired) electrons. The van der Waals surface area contributed by atoms with Crippen molar-refractivity contribution in [1.82, 2.24) is 10.2 Å². The number of aliphatic imine (C=N–C) groups is 1. The first kappa shape index (κ1) is 21.6. The molecule has 30 heavy (non-hydrogen) atoms. The van der Waals surface area contributed by atoms with Crippen molar-refractivity contribution in [2.75, 3.05) is 0 Å². The molecule has 0 aliphatic rings. The molecule has 1 heterocycles. The van der Waals surface area contributed by atoms with Gasteiger partial charge >= 0.3 is 6.18 Å². The van der Waals surface area contributed by atoms with Crippen molar-refractivity contribution in [2.24, 2.45) is 4.99 Å². The van der Waals surface area contributed by atoms with E-state index in [1.807, 2.05) is 0 Å². The van der Waals surface area contributed by atoms with Gasteiger partial charge in [-0.05, 0) is 48.2 Å². The van der Waals surface area contributed by atoms with E-state index in [-0.39, 0.29) is 17.0 Å². The van der Waals surface area contributed by atoms with Gasteiger partial charge in [-0.1, -0.05) is 19.9 Å². The number of alkyl halides is 3. The molecule has 0 fully saturated rings. The maximum Gasteiger partial charge on any atom is 0.422 e. The van der Waals surface area contributed by atoms with E-state index in [2.05, 4.69) is 15.2 Å². The molecule has 1 unspecified atom stereocenters. The average molecular weight is 421 g/mol. The Morgan fingerprint density at radius 1 is 1.10 bits per heavy atom. The molecule has 158 valence electrons. The molecule has 0 aliphatic heterocycles. The third kappa shape index (κ3) is 4.25. The lowest BCUT2D eigenvalue weighted by Gasteiger charge is -2.35. The number of fused-ring (bicyclic) bond motifs is 1. The van der Waals surface area contributed by atoms with Crippen molar-refractivity contribution >= 4 is 22.8 Å². The third-order valence-corrected chi connectivity index (χ3v) is 4.84. The fourth-order valence-corrected chi connectivity index (χ4v) is 3.33. The lowest BCUT2D eigenvalue weighted by atomic mass is 9.74.